The lowest BCUT2D eigenvalue weighted by atomic mass is 9.45. The van der Waals surface area contributed by atoms with Gasteiger partial charge in [0.1, 0.15) is 22.6 Å². The third-order valence-corrected chi connectivity index (χ3v) is 32.5. The Morgan fingerprint density at radius 3 is 1.06 bits per heavy atom. The van der Waals surface area contributed by atoms with E-state index in [9.17, 15) is 0 Å². The second-order valence-electron chi connectivity index (χ2n) is 44.1. The Morgan fingerprint density at radius 2 is 0.686 bits per heavy atom. The van der Waals surface area contributed by atoms with E-state index in [2.05, 4.69) is 155 Å². The molecule has 12 heterocycles. The Bertz CT molecular complexity index is 5180. The topological polar surface area (TPSA) is 249 Å². The van der Waals surface area contributed by atoms with Gasteiger partial charge in [-0.2, -0.15) is 20.4 Å². The number of nitrogens with one attached hydrogen (secondary N) is 8. The van der Waals surface area contributed by atoms with E-state index < -0.39 is 0 Å². The highest BCUT2D eigenvalue weighted by molar-refractivity contribution is 6.52. The van der Waals surface area contributed by atoms with Gasteiger partial charge in [-0.15, -0.1) is 0 Å². The molecule has 4 aliphatic heterocycles. The van der Waals surface area contributed by atoms with Gasteiger partial charge in [0.15, 0.2) is 0 Å². The highest BCUT2D eigenvalue weighted by Gasteiger charge is 2.60. The molecule has 8 N–H and O–H groups in total. The second-order valence-corrected chi connectivity index (χ2v) is 44.1. The summed E-state index contributed by atoms with van der Waals surface area (Å²) in [5, 5.41) is 25.3. The Kier molecular flexibility index (Phi) is 19.9. The molecule has 4 radical (unpaired) electrons. The lowest BCUT2D eigenvalue weighted by Gasteiger charge is -2.59. The van der Waals surface area contributed by atoms with Crippen molar-refractivity contribution in [1.29, 1.82) is 0 Å². The van der Waals surface area contributed by atoms with E-state index >= 15 is 0 Å². The SMILES string of the molecule is CC1(C)CN/N=C(/C2C3CC4CC2CC(C)(C4)C3)c2c(cnc3[nH]ccc23)[B]OC1.CC12CC3CC(C1)C(/C1=N/NC(C)(C)CCO[B]c4cnc5[nH]ccc5c41)C(C3)C2.CC12CC3CC(C1)C(/C1=N/NCCC(C)(C)O[B]c4cnc5[nH]ccc5c41)C(C3)C2.CC12CC3CC(C1)C(/C1=N/NCCCO[B]c4cnc5[nH]ccc5c41)C(C3)C2. The molecule has 16 bridgehead atoms. The van der Waals surface area contributed by atoms with Crippen LogP contribution >= 0.6 is 0 Å². The number of aromatic amines is 4. The van der Waals surface area contributed by atoms with Crippen LogP contribution in [0.2, 0.25) is 0 Å². The van der Waals surface area contributed by atoms with Gasteiger partial charge in [-0.25, -0.2) is 19.9 Å². The molecule has 24 heteroatoms. The van der Waals surface area contributed by atoms with Gasteiger partial charge in [0.2, 0.25) is 0 Å². The van der Waals surface area contributed by atoms with Gasteiger partial charge in [0, 0.05) is 168 Å². The van der Waals surface area contributed by atoms with Crippen molar-refractivity contribution in [3.63, 3.8) is 0 Å². The van der Waals surface area contributed by atoms with Crippen LogP contribution in [0.5, 0.6) is 0 Å². The fourth-order valence-corrected chi connectivity index (χ4v) is 29.1. The molecular formula is C94H124B4N16O4. The maximum absolute atomic E-state index is 6.26. The quantitative estimate of drug-likeness (QED) is 0.0767. The van der Waals surface area contributed by atoms with E-state index in [4.69, 9.17) is 39.0 Å². The standard InChI is InChI=1S/3C24H32BN4O.C22H28BN4O/c1-23(2)5-7-30-25-18-13-27-22-17(4-6-26-22)20(18)21(28-29-23)19-15-8-14-9-16(19)12-24(3,10-14)11-15;1-23(2)5-7-28-29-21(19-15-8-14-9-16(19)12-24(3,10-14)11-15)20-17-4-6-26-22(17)27-13-18(20)25-30-23;1-23(2)12-28-29-21(19-15-6-14-7-16(19)10-24(3,8-14)9-15)20-17-4-5-26-22(17)27-11-18(20)25-30-13-23;1-22-9-13-7-14(10-22)18(15(8-13)11-22)20-19-16-3-5-24-21(16)25-12-17(19)23-28-6-2-4-26-27-20/h4,6,13-16,19,29H,5,7-12H2,1-3H3,(H,26,27);4,6,13-16,19,28H,5,7-12H2,1-3H3,(H,26,27);4-5,11,14-16,19,28H,6-10,12-13H2,1-3H3,(H,26,27);3,5,12-15,18,26H,2,4,6-11H2,1H3,(H,24,25)/b28-21-;2*29-21-;27-20-. The van der Waals surface area contributed by atoms with Crippen LogP contribution in [0.3, 0.4) is 0 Å². The number of aromatic nitrogens is 8. The fraction of sp³-hybridized carbons (Fsp3) is 0.660. The van der Waals surface area contributed by atoms with Gasteiger partial charge in [-0.3, -0.25) is 0 Å². The van der Waals surface area contributed by atoms with Crippen LogP contribution in [-0.4, -0.2) is 143 Å². The minimum Gasteiger partial charge on any atom is -0.434 e. The molecule has 20 nitrogen and oxygen atoms in total. The first kappa shape index (κ1) is 78.0. The molecule has 616 valence electrons. The van der Waals surface area contributed by atoms with E-state index in [1.54, 1.807) is 0 Å². The monoisotopic (exact) mass is 1590 g/mol. The Labute approximate surface area is 700 Å². The van der Waals surface area contributed by atoms with Crippen LogP contribution in [0.4, 0.5) is 0 Å². The molecule has 118 heavy (non-hydrogen) atoms. The predicted octanol–water partition coefficient (Wildman–Crippen LogP) is 14.1. The molecule has 0 aromatic carbocycles. The lowest BCUT2D eigenvalue weighted by molar-refractivity contribution is -0.0637. The van der Waals surface area contributed by atoms with E-state index in [1.165, 1.54) is 179 Å². The summed E-state index contributed by atoms with van der Waals surface area (Å²) in [5.41, 5.74) is 33.6. The Morgan fingerprint density at radius 1 is 0.356 bits per heavy atom. The van der Waals surface area contributed by atoms with Gasteiger partial charge in [-0.05, 0) is 314 Å². The summed E-state index contributed by atoms with van der Waals surface area (Å²) in [6.45, 7) is 27.8. The molecule has 0 saturated heterocycles. The predicted molar refractivity (Wildman–Crippen MR) is 475 cm³/mol. The minimum atomic E-state index is -0.235. The normalized spacial score (nSPS) is 39.0. The van der Waals surface area contributed by atoms with Crippen molar-refractivity contribution in [3.8, 4) is 0 Å². The van der Waals surface area contributed by atoms with Crippen LogP contribution in [0.1, 0.15) is 239 Å². The largest absolute Gasteiger partial charge is 0.434 e. The van der Waals surface area contributed by atoms with Crippen molar-refractivity contribution in [3.05, 3.63) is 96.1 Å². The van der Waals surface area contributed by atoms with Crippen molar-refractivity contribution in [2.24, 2.45) is 142 Å². The number of pyridine rings is 4. The molecule has 16 saturated carbocycles. The number of hydrazone groups is 4. The molecule has 16 fully saturated rings. The average Bonchev–Trinajstić information content (AvgIpc) is 1.01. The van der Waals surface area contributed by atoms with E-state index in [0.717, 1.165) is 171 Å². The van der Waals surface area contributed by atoms with Gasteiger partial charge in [0.25, 0.3) is 0 Å². The maximum Gasteiger partial charge on any atom is 0.333 e. The highest BCUT2D eigenvalue weighted by atomic mass is 16.5. The molecule has 0 spiro atoms. The van der Waals surface area contributed by atoms with Crippen molar-refractivity contribution < 1.29 is 18.6 Å². The van der Waals surface area contributed by atoms with E-state index in [1.807, 2.05) is 79.5 Å². The minimum absolute atomic E-state index is 0.0196. The van der Waals surface area contributed by atoms with Crippen molar-refractivity contribution in [2.45, 2.75) is 228 Å². The average molecular weight is 1590 g/mol. The summed E-state index contributed by atoms with van der Waals surface area (Å²) < 4.78 is 24.2. The number of H-pyrrole nitrogens is 4. The Balaban J connectivity index is 0.0000000978. The number of hydrogen-bond donors (Lipinski definition) is 8. The number of nitrogens with zero attached hydrogens (tertiary/aromatic N) is 8. The zero-order valence-electron chi connectivity index (χ0n) is 71.7. The molecule has 8 aromatic rings. The third kappa shape index (κ3) is 14.7. The molecule has 28 rings (SSSR count). The van der Waals surface area contributed by atoms with Gasteiger partial charge < -0.3 is 60.3 Å². The maximum atomic E-state index is 6.26. The molecule has 20 aliphatic rings. The van der Waals surface area contributed by atoms with Gasteiger partial charge >= 0.3 is 29.9 Å². The van der Waals surface area contributed by atoms with E-state index in [0.29, 0.717) is 65.2 Å². The summed E-state index contributed by atoms with van der Waals surface area (Å²) in [5.74, 6) is 11.8. The van der Waals surface area contributed by atoms with Crippen molar-refractivity contribution in [2.75, 3.05) is 39.5 Å². The fourth-order valence-electron chi connectivity index (χ4n) is 29.1. The smallest absolute Gasteiger partial charge is 0.333 e. The Hall–Kier alpha value is -7.26. The first-order valence-electron chi connectivity index (χ1n) is 45.9. The van der Waals surface area contributed by atoms with E-state index in [-0.39, 0.29) is 16.6 Å². The van der Waals surface area contributed by atoms with Crippen molar-refractivity contribution >= 4 is 119 Å². The van der Waals surface area contributed by atoms with Crippen LogP contribution in [-0.2, 0) is 18.6 Å². The number of hydrogen-bond acceptors (Lipinski definition) is 16. The summed E-state index contributed by atoms with van der Waals surface area (Å²) in [4.78, 5) is 31.8. The lowest BCUT2D eigenvalue weighted by Crippen LogP contribution is -2.53. The van der Waals surface area contributed by atoms with Crippen LogP contribution in [0, 0.1) is 122 Å². The first-order valence-corrected chi connectivity index (χ1v) is 45.9. The summed E-state index contributed by atoms with van der Waals surface area (Å²) in [7, 11) is 7.69. The third-order valence-electron chi connectivity index (χ3n) is 32.5. The highest BCUT2D eigenvalue weighted by Crippen LogP contribution is 2.67. The first-order chi connectivity index (χ1) is 56.9. The summed E-state index contributed by atoms with van der Waals surface area (Å²) >= 11 is 0. The number of fused-ring (bicyclic) bond motifs is 12. The zero-order chi connectivity index (χ0) is 80.2. The molecule has 8 atom stereocenters. The van der Waals surface area contributed by atoms with Crippen LogP contribution in [0.25, 0.3) is 44.1 Å². The van der Waals surface area contributed by atoms with Gasteiger partial charge in [-0.1, -0.05) is 41.5 Å². The number of rotatable bonds is 4. The van der Waals surface area contributed by atoms with Crippen molar-refractivity contribution in [1.82, 2.24) is 61.6 Å². The van der Waals surface area contributed by atoms with Gasteiger partial charge in [0.05, 0.1) is 28.4 Å². The summed E-state index contributed by atoms with van der Waals surface area (Å²) in [6.07, 6.45) is 46.2. The zero-order valence-corrected chi connectivity index (χ0v) is 71.7. The van der Waals surface area contributed by atoms with Crippen LogP contribution in [0.15, 0.2) is 94.2 Å². The molecule has 8 aromatic heterocycles. The molecule has 0 amide bonds. The van der Waals surface area contributed by atoms with Crippen LogP contribution < -0.4 is 43.6 Å². The summed E-state index contributed by atoms with van der Waals surface area (Å²) in [6, 6.07) is 8.60. The molecular weight excluding hydrogens is 1460 g/mol. The molecule has 8 unspecified atom stereocenters. The molecule has 16 aliphatic carbocycles. The second kappa shape index (κ2) is 30.1.